The number of nitrogens with zero attached hydrogens (tertiary/aromatic N) is 2. The first-order chi connectivity index (χ1) is 9.62. The van der Waals surface area contributed by atoms with E-state index < -0.39 is 0 Å². The largest absolute Gasteiger partial charge is 0.371 e. The average molecular weight is 273 g/mol. The summed E-state index contributed by atoms with van der Waals surface area (Å²) in [6, 6.07) is 5.19. The lowest BCUT2D eigenvalue weighted by Gasteiger charge is -2.25. The fraction of sp³-hybridized carbons (Fsp3) is 0.706. The van der Waals surface area contributed by atoms with Crippen LogP contribution < -0.4 is 10.2 Å². The summed E-state index contributed by atoms with van der Waals surface area (Å²) >= 11 is 0. The van der Waals surface area contributed by atoms with Crippen molar-refractivity contribution in [3.8, 4) is 0 Å². The van der Waals surface area contributed by atoms with Gasteiger partial charge >= 0.3 is 0 Å². The van der Waals surface area contributed by atoms with Crippen LogP contribution in [0.1, 0.15) is 51.6 Å². The minimum atomic E-state index is 0.498. The monoisotopic (exact) mass is 273 g/mol. The molecule has 2 heterocycles. The van der Waals surface area contributed by atoms with E-state index in [0.29, 0.717) is 5.41 Å². The Labute approximate surface area is 122 Å². The molecule has 20 heavy (non-hydrogen) atoms. The average Bonchev–Trinajstić information content (AvgIpc) is 3.24. The Kier molecular flexibility index (Phi) is 3.97. The van der Waals surface area contributed by atoms with Gasteiger partial charge in [0.2, 0.25) is 0 Å². The van der Waals surface area contributed by atoms with E-state index in [1.807, 2.05) is 6.20 Å². The fourth-order valence-electron chi connectivity index (χ4n) is 2.98. The van der Waals surface area contributed by atoms with Crippen LogP contribution in [0.2, 0.25) is 0 Å². The summed E-state index contributed by atoms with van der Waals surface area (Å²) < 4.78 is 0. The molecular formula is C17H27N3. The van der Waals surface area contributed by atoms with E-state index in [9.17, 15) is 0 Å². The second-order valence-corrected chi connectivity index (χ2v) is 7.17. The molecule has 1 saturated carbocycles. The van der Waals surface area contributed by atoms with E-state index >= 15 is 0 Å². The highest BCUT2D eigenvalue weighted by atomic mass is 15.1. The van der Waals surface area contributed by atoms with E-state index in [0.717, 1.165) is 12.6 Å². The number of pyridine rings is 1. The van der Waals surface area contributed by atoms with Crippen molar-refractivity contribution in [1.82, 2.24) is 10.3 Å². The van der Waals surface area contributed by atoms with Crippen LogP contribution in [0.15, 0.2) is 18.3 Å². The van der Waals surface area contributed by atoms with Gasteiger partial charge in [0.15, 0.2) is 0 Å². The molecular weight excluding hydrogens is 246 g/mol. The number of rotatable bonds is 4. The Bertz CT molecular complexity index is 451. The van der Waals surface area contributed by atoms with Crippen LogP contribution in [0.4, 0.5) is 5.69 Å². The summed E-state index contributed by atoms with van der Waals surface area (Å²) in [6.45, 7) is 8.06. The van der Waals surface area contributed by atoms with Crippen LogP contribution in [-0.4, -0.2) is 24.1 Å². The van der Waals surface area contributed by atoms with Crippen molar-refractivity contribution in [3.05, 3.63) is 24.0 Å². The normalized spacial score (nSPS) is 22.6. The second-order valence-electron chi connectivity index (χ2n) is 7.17. The van der Waals surface area contributed by atoms with Gasteiger partial charge in [-0.05, 0) is 49.7 Å². The Morgan fingerprint density at radius 3 is 2.95 bits per heavy atom. The molecule has 0 unspecified atom stereocenters. The molecule has 0 bridgehead atoms. The standard InChI is InChI=1S/C17H27N3/c1-17(2)7-3-10-20(11-8-17)16-6-9-18-15(12-16)13-19-14-4-5-14/h6,9,12,14,19H,3-5,7-8,10-11,13H2,1-2H3. The van der Waals surface area contributed by atoms with E-state index in [2.05, 4.69) is 41.2 Å². The van der Waals surface area contributed by atoms with E-state index in [1.54, 1.807) is 0 Å². The zero-order valence-corrected chi connectivity index (χ0v) is 12.9. The van der Waals surface area contributed by atoms with Gasteiger partial charge in [-0.2, -0.15) is 0 Å². The highest BCUT2D eigenvalue weighted by Gasteiger charge is 2.23. The molecule has 3 nitrogen and oxygen atoms in total. The lowest BCUT2D eigenvalue weighted by Crippen LogP contribution is -2.25. The quantitative estimate of drug-likeness (QED) is 0.912. The molecule has 0 spiro atoms. The zero-order chi connectivity index (χ0) is 14.0. The Morgan fingerprint density at radius 2 is 2.15 bits per heavy atom. The van der Waals surface area contributed by atoms with Crippen LogP contribution in [0.25, 0.3) is 0 Å². The summed E-state index contributed by atoms with van der Waals surface area (Å²) in [7, 11) is 0. The van der Waals surface area contributed by atoms with Crippen molar-refractivity contribution in [1.29, 1.82) is 0 Å². The third-order valence-electron chi connectivity index (χ3n) is 4.65. The van der Waals surface area contributed by atoms with E-state index in [-0.39, 0.29) is 0 Å². The van der Waals surface area contributed by atoms with Gasteiger partial charge in [0, 0.05) is 37.6 Å². The predicted molar refractivity (Wildman–Crippen MR) is 83.9 cm³/mol. The van der Waals surface area contributed by atoms with Gasteiger partial charge in [0.25, 0.3) is 0 Å². The minimum absolute atomic E-state index is 0.498. The molecule has 0 radical (unpaired) electrons. The van der Waals surface area contributed by atoms with Crippen LogP contribution >= 0.6 is 0 Å². The predicted octanol–water partition coefficient (Wildman–Crippen LogP) is 3.35. The Hall–Kier alpha value is -1.09. The zero-order valence-electron chi connectivity index (χ0n) is 12.9. The van der Waals surface area contributed by atoms with Crippen molar-refractivity contribution < 1.29 is 0 Å². The maximum Gasteiger partial charge on any atom is 0.0562 e. The number of hydrogen-bond acceptors (Lipinski definition) is 3. The molecule has 0 atom stereocenters. The molecule has 0 amide bonds. The van der Waals surface area contributed by atoms with Gasteiger partial charge in [-0.25, -0.2) is 0 Å². The molecule has 3 heteroatoms. The minimum Gasteiger partial charge on any atom is -0.371 e. The molecule has 110 valence electrons. The smallest absolute Gasteiger partial charge is 0.0562 e. The first-order valence-electron chi connectivity index (χ1n) is 8.06. The molecule has 1 aromatic rings. The number of nitrogens with one attached hydrogen (secondary N) is 1. The van der Waals surface area contributed by atoms with E-state index in [4.69, 9.17) is 0 Å². The maximum atomic E-state index is 4.50. The number of anilines is 1. The molecule has 2 aliphatic rings. The first-order valence-corrected chi connectivity index (χ1v) is 8.06. The molecule has 1 saturated heterocycles. The van der Waals surface area contributed by atoms with Crippen molar-refractivity contribution in [3.63, 3.8) is 0 Å². The molecule has 2 fully saturated rings. The van der Waals surface area contributed by atoms with Gasteiger partial charge < -0.3 is 10.2 Å². The molecule has 1 aliphatic carbocycles. The van der Waals surface area contributed by atoms with Crippen LogP contribution in [0.3, 0.4) is 0 Å². The maximum absolute atomic E-state index is 4.50. The summed E-state index contributed by atoms with van der Waals surface area (Å²) in [4.78, 5) is 7.04. The lowest BCUT2D eigenvalue weighted by molar-refractivity contribution is 0.325. The SMILES string of the molecule is CC1(C)CCCN(c2ccnc(CNC3CC3)c2)CC1. The summed E-state index contributed by atoms with van der Waals surface area (Å²) in [5.41, 5.74) is 3.03. The number of aromatic nitrogens is 1. The summed E-state index contributed by atoms with van der Waals surface area (Å²) in [5, 5.41) is 3.55. The lowest BCUT2D eigenvalue weighted by atomic mass is 9.85. The van der Waals surface area contributed by atoms with Gasteiger partial charge in [-0.15, -0.1) is 0 Å². The van der Waals surface area contributed by atoms with Crippen LogP contribution in [0, 0.1) is 5.41 Å². The molecule has 3 rings (SSSR count). The highest BCUT2D eigenvalue weighted by molar-refractivity contribution is 5.46. The topological polar surface area (TPSA) is 28.2 Å². The van der Waals surface area contributed by atoms with Gasteiger partial charge in [-0.3, -0.25) is 4.98 Å². The third-order valence-corrected chi connectivity index (χ3v) is 4.65. The van der Waals surface area contributed by atoms with Gasteiger partial charge in [0.1, 0.15) is 0 Å². The van der Waals surface area contributed by atoms with Crippen LogP contribution in [0.5, 0.6) is 0 Å². The van der Waals surface area contributed by atoms with Crippen molar-refractivity contribution in [2.75, 3.05) is 18.0 Å². The van der Waals surface area contributed by atoms with Gasteiger partial charge in [0.05, 0.1) is 5.69 Å². The van der Waals surface area contributed by atoms with Crippen molar-refractivity contribution in [2.45, 2.75) is 58.5 Å². The summed E-state index contributed by atoms with van der Waals surface area (Å²) in [5.74, 6) is 0. The van der Waals surface area contributed by atoms with Crippen LogP contribution in [-0.2, 0) is 6.54 Å². The summed E-state index contributed by atoms with van der Waals surface area (Å²) in [6.07, 6.45) is 8.55. The second kappa shape index (κ2) is 5.72. The molecule has 1 aromatic heterocycles. The Morgan fingerprint density at radius 1 is 1.30 bits per heavy atom. The Balaban J connectivity index is 1.64. The third kappa shape index (κ3) is 3.72. The highest BCUT2D eigenvalue weighted by Crippen LogP contribution is 2.31. The first kappa shape index (κ1) is 13.9. The molecule has 0 aromatic carbocycles. The molecule has 1 N–H and O–H groups in total. The van der Waals surface area contributed by atoms with Crippen molar-refractivity contribution >= 4 is 5.69 Å². The van der Waals surface area contributed by atoms with Crippen molar-refractivity contribution in [2.24, 2.45) is 5.41 Å². The number of hydrogen-bond donors (Lipinski definition) is 1. The fourth-order valence-corrected chi connectivity index (χ4v) is 2.98. The van der Waals surface area contributed by atoms with E-state index in [1.165, 1.54) is 56.6 Å². The molecule has 1 aliphatic heterocycles. The van der Waals surface area contributed by atoms with Gasteiger partial charge in [-0.1, -0.05) is 13.8 Å².